The van der Waals surface area contributed by atoms with Gasteiger partial charge in [0.05, 0.1) is 0 Å². The summed E-state index contributed by atoms with van der Waals surface area (Å²) < 4.78 is 19.8. The summed E-state index contributed by atoms with van der Waals surface area (Å²) in [6, 6.07) is 0. The summed E-state index contributed by atoms with van der Waals surface area (Å²) in [6.07, 6.45) is 0. The Bertz CT molecular complexity index is 108. The Morgan fingerprint density at radius 1 is 1.60 bits per heavy atom. The van der Waals surface area contributed by atoms with Crippen molar-refractivity contribution < 1.29 is 8.42 Å². The molecule has 0 heterocycles. The van der Waals surface area contributed by atoms with E-state index in [9.17, 15) is 0 Å². The zero-order chi connectivity index (χ0) is 4.28. The molecule has 0 spiro atoms. The molecule has 0 bridgehead atoms. The number of hydrogen-bond donors (Lipinski definition) is 1. The Kier molecular flexibility index (Phi) is 1.46. The maximum atomic E-state index is 8.99. The van der Waals surface area contributed by atoms with Crippen LogP contribution in [0, 0.1) is 5.39 Å². The van der Waals surface area contributed by atoms with Crippen molar-refractivity contribution in [1.82, 2.24) is 0 Å². The number of diazo groups is 1. The molecule has 5 heteroatoms. The number of thiol groups is 1. The third kappa shape index (κ3) is 3.37. The SMILES string of the molecule is N#[N+][SH](=O)=O. The molecule has 0 saturated carbocycles. The van der Waals surface area contributed by atoms with Gasteiger partial charge in [0.1, 0.15) is 0 Å². The Labute approximate surface area is 30.1 Å². The predicted molar refractivity (Wildman–Crippen MR) is 15.4 cm³/mol. The van der Waals surface area contributed by atoms with Gasteiger partial charge >= 0.3 is 10.9 Å². The van der Waals surface area contributed by atoms with Crippen molar-refractivity contribution in [3.63, 3.8) is 0 Å². The lowest BCUT2D eigenvalue weighted by molar-refractivity contribution is 0.621. The second-order valence-corrected chi connectivity index (χ2v) is 0.982. The summed E-state index contributed by atoms with van der Waals surface area (Å²) in [7, 11) is -2.92. The van der Waals surface area contributed by atoms with E-state index in [-0.39, 0.29) is 0 Å². The summed E-state index contributed by atoms with van der Waals surface area (Å²) >= 11 is 0. The van der Waals surface area contributed by atoms with Crippen LogP contribution in [0.4, 0.5) is 0 Å². The van der Waals surface area contributed by atoms with Gasteiger partial charge in [-0.1, -0.05) is 0 Å². The maximum absolute atomic E-state index is 8.99. The number of nitrogens with zero attached hydrogens (tertiary/aromatic N) is 2. The summed E-state index contributed by atoms with van der Waals surface area (Å²) in [5.74, 6) is 0. The summed E-state index contributed by atoms with van der Waals surface area (Å²) in [5, 5.41) is 7.17. The molecule has 0 aliphatic carbocycles. The third-order valence-corrected chi connectivity index (χ3v) is 0.219. The van der Waals surface area contributed by atoms with E-state index < -0.39 is 10.9 Å². The van der Waals surface area contributed by atoms with E-state index in [1.54, 1.807) is 0 Å². The molecule has 0 aromatic heterocycles. The standard InChI is InChI=1S/HN2O2S/c1-2-5(3)4/h5H/q+1. The predicted octanol–water partition coefficient (Wildman–Crippen LogP) is -0.634. The van der Waals surface area contributed by atoms with Crippen LogP contribution in [0.25, 0.3) is 4.38 Å². The van der Waals surface area contributed by atoms with Crippen LogP contribution in [0.15, 0.2) is 0 Å². The third-order valence-electron chi connectivity index (χ3n) is 0.0730. The molecule has 0 radical (unpaired) electrons. The molecule has 5 heavy (non-hydrogen) atoms. The van der Waals surface area contributed by atoms with Gasteiger partial charge in [0.15, 0.2) is 0 Å². The summed E-state index contributed by atoms with van der Waals surface area (Å²) in [6.45, 7) is 0. The molecule has 0 aromatic carbocycles. The Morgan fingerprint density at radius 2 is 1.80 bits per heavy atom. The monoisotopic (exact) mass is 93.0 g/mol. The van der Waals surface area contributed by atoms with E-state index in [0.717, 1.165) is 0 Å². The lowest BCUT2D eigenvalue weighted by atomic mass is 13.4. The Hall–Kier alpha value is -0.630. The van der Waals surface area contributed by atoms with Crippen LogP contribution >= 0.6 is 0 Å². The topological polar surface area (TPSA) is 62.3 Å². The van der Waals surface area contributed by atoms with Crippen molar-refractivity contribution >= 4 is 10.9 Å². The zero-order valence-electron chi connectivity index (χ0n) is 2.16. The average Bonchev–Trinajstić information content (AvgIpc) is 1.38. The minimum Gasteiger partial charge on any atom is -0.147 e. The van der Waals surface area contributed by atoms with Gasteiger partial charge in [-0.3, -0.25) is 0 Å². The second kappa shape index (κ2) is 1.67. The van der Waals surface area contributed by atoms with E-state index in [4.69, 9.17) is 13.8 Å². The largest absolute Gasteiger partial charge is 0.511 e. The fourth-order valence-electron chi connectivity index (χ4n) is 0. The quantitative estimate of drug-likeness (QED) is 0.320. The first-order chi connectivity index (χ1) is 2.27. The van der Waals surface area contributed by atoms with Gasteiger partial charge in [0, 0.05) is 0 Å². The Balaban J connectivity index is 3.88. The zero-order valence-corrected chi connectivity index (χ0v) is 3.05. The van der Waals surface area contributed by atoms with Gasteiger partial charge < -0.3 is 0 Å². The fourth-order valence-corrected chi connectivity index (χ4v) is 0. The second-order valence-electron chi connectivity index (χ2n) is 0.327. The minimum atomic E-state index is -2.92. The van der Waals surface area contributed by atoms with Gasteiger partial charge in [-0.05, 0) is 0 Å². The molecule has 0 aromatic rings. The van der Waals surface area contributed by atoms with E-state index in [0.29, 0.717) is 0 Å². The van der Waals surface area contributed by atoms with Crippen molar-refractivity contribution in [2.24, 2.45) is 0 Å². The highest BCUT2D eigenvalue weighted by atomic mass is 32.2. The maximum Gasteiger partial charge on any atom is 0.511 e. The first-order valence-electron chi connectivity index (χ1n) is 0.765. The molecule has 0 aliphatic rings. The first kappa shape index (κ1) is 4.37. The van der Waals surface area contributed by atoms with E-state index in [1.165, 1.54) is 0 Å². The average molecular weight is 93.1 g/mol. The van der Waals surface area contributed by atoms with Crippen LogP contribution in [0.5, 0.6) is 0 Å². The van der Waals surface area contributed by atoms with Crippen LogP contribution in [-0.2, 0) is 10.9 Å². The molecule has 28 valence electrons. The highest BCUT2D eigenvalue weighted by Crippen LogP contribution is 1.52. The fraction of sp³-hybridized carbons (Fsp3) is 0. The number of hydrogen-bond acceptors (Lipinski definition) is 3. The van der Waals surface area contributed by atoms with Gasteiger partial charge in [0.25, 0.3) is 4.38 Å². The number of rotatable bonds is 0. The van der Waals surface area contributed by atoms with Crippen molar-refractivity contribution in [3.8, 4) is 0 Å². The molecule has 0 unspecified atom stereocenters. The van der Waals surface area contributed by atoms with Crippen LogP contribution in [0.3, 0.4) is 0 Å². The molecular weight excluding hydrogens is 92.1 g/mol. The normalized spacial score (nSPS) is 7.20. The molecule has 0 fully saturated rings. The van der Waals surface area contributed by atoms with Crippen LogP contribution in [-0.4, -0.2) is 8.42 Å². The molecule has 0 amide bonds. The molecule has 0 aliphatic heterocycles. The highest BCUT2D eigenvalue weighted by Gasteiger charge is 1.79. The summed E-state index contributed by atoms with van der Waals surface area (Å²) in [4.78, 5) is 0. The van der Waals surface area contributed by atoms with Crippen molar-refractivity contribution in [3.05, 3.63) is 4.38 Å². The van der Waals surface area contributed by atoms with Crippen molar-refractivity contribution in [2.45, 2.75) is 0 Å². The van der Waals surface area contributed by atoms with Gasteiger partial charge in [-0.2, -0.15) is 0 Å². The van der Waals surface area contributed by atoms with E-state index >= 15 is 0 Å². The van der Waals surface area contributed by atoms with Gasteiger partial charge in [0.2, 0.25) is 5.39 Å². The Morgan fingerprint density at radius 3 is 1.80 bits per heavy atom. The van der Waals surface area contributed by atoms with Crippen molar-refractivity contribution in [1.29, 1.82) is 5.39 Å². The molecule has 0 atom stereocenters. The van der Waals surface area contributed by atoms with Crippen LogP contribution < -0.4 is 0 Å². The highest BCUT2D eigenvalue weighted by molar-refractivity contribution is 7.74. The molecule has 0 rings (SSSR count). The first-order valence-corrected chi connectivity index (χ1v) is 1.90. The van der Waals surface area contributed by atoms with Crippen LogP contribution in [0.1, 0.15) is 0 Å². The van der Waals surface area contributed by atoms with Crippen LogP contribution in [0.2, 0.25) is 0 Å². The van der Waals surface area contributed by atoms with Gasteiger partial charge in [-0.25, -0.2) is 0 Å². The van der Waals surface area contributed by atoms with E-state index in [2.05, 4.69) is 0 Å². The minimum absolute atomic E-state index is 1.84. The molecular formula is HN2O2S+. The van der Waals surface area contributed by atoms with E-state index in [1.807, 2.05) is 4.38 Å². The molecule has 0 N–H and O–H groups in total. The smallest absolute Gasteiger partial charge is 0.147 e. The molecule has 0 saturated heterocycles. The molecule has 4 nitrogen and oxygen atoms in total. The lowest BCUT2D eigenvalue weighted by Crippen LogP contribution is -1.50. The summed E-state index contributed by atoms with van der Waals surface area (Å²) in [5.41, 5.74) is 0. The van der Waals surface area contributed by atoms with Gasteiger partial charge in [-0.15, -0.1) is 8.42 Å². The lowest BCUT2D eigenvalue weighted by Gasteiger charge is -1.22. The van der Waals surface area contributed by atoms with Crippen molar-refractivity contribution in [2.75, 3.05) is 0 Å².